The molecule has 1 saturated heterocycles. The summed E-state index contributed by atoms with van der Waals surface area (Å²) in [5, 5.41) is 11.5. The molecule has 0 unspecified atom stereocenters. The van der Waals surface area contributed by atoms with E-state index in [4.69, 9.17) is 14.2 Å². The molecule has 1 N–H and O–H groups in total. The number of ether oxygens (including phenoxy) is 3. The van der Waals surface area contributed by atoms with Crippen LogP contribution in [0.25, 0.3) is 5.76 Å². The van der Waals surface area contributed by atoms with Crippen LogP contribution in [0.5, 0.6) is 17.2 Å². The van der Waals surface area contributed by atoms with Gasteiger partial charge in [-0.15, -0.1) is 0 Å². The number of nitrogens with zero attached hydrogens (tertiary/aromatic N) is 2. The van der Waals surface area contributed by atoms with Crippen LogP contribution in [0.2, 0.25) is 0 Å². The summed E-state index contributed by atoms with van der Waals surface area (Å²) in [5.41, 5.74) is 2.21. The predicted molar refractivity (Wildman–Crippen MR) is 150 cm³/mol. The van der Waals surface area contributed by atoms with E-state index in [0.29, 0.717) is 55.4 Å². The third-order valence-electron chi connectivity index (χ3n) is 7.09. The minimum absolute atomic E-state index is 0.0497. The molecule has 4 rings (SSSR count). The summed E-state index contributed by atoms with van der Waals surface area (Å²) in [4.78, 5) is 30.2. The fourth-order valence-electron chi connectivity index (χ4n) is 5.11. The first kappa shape index (κ1) is 28.5. The van der Waals surface area contributed by atoms with Crippen LogP contribution in [0, 0.1) is 0 Å². The van der Waals surface area contributed by atoms with E-state index in [-0.39, 0.29) is 17.4 Å². The van der Waals surface area contributed by atoms with Crippen LogP contribution < -0.4 is 14.2 Å². The van der Waals surface area contributed by atoms with Gasteiger partial charge in [0.2, 0.25) is 0 Å². The highest BCUT2D eigenvalue weighted by molar-refractivity contribution is 6.46. The number of ketones is 1. The lowest BCUT2D eigenvalue weighted by Gasteiger charge is -2.27. The number of Topliss-reactive ketones (excluding diaryl/α,β-unsaturated/α-hetero) is 1. The molecule has 210 valence electrons. The number of aliphatic hydroxyl groups is 1. The maximum atomic E-state index is 13.4. The zero-order valence-corrected chi connectivity index (χ0v) is 23.7. The molecule has 0 saturated carbocycles. The largest absolute Gasteiger partial charge is 0.507 e. The van der Waals surface area contributed by atoms with Gasteiger partial charge in [-0.2, -0.15) is 0 Å². The molecule has 2 aliphatic heterocycles. The Kier molecular flexibility index (Phi) is 9.17. The standard InChI is InChI=1S/C31H40N2O6/c1-6-8-9-16-38-25-13-10-21(19-26(25)37-7-2)28-27(30(35)31(36)33(28)15-14-32(4)5)29(34)22-11-12-24-23(18-22)17-20(3)39-24/h10-13,18-20,28,34H,6-9,14-17H2,1-5H3/t20-,28-/m0/s1. The first-order chi connectivity index (χ1) is 18.7. The molecule has 8 nitrogen and oxygen atoms in total. The molecule has 2 heterocycles. The summed E-state index contributed by atoms with van der Waals surface area (Å²) in [7, 11) is 3.83. The van der Waals surface area contributed by atoms with E-state index >= 15 is 0 Å². The molecule has 0 aliphatic carbocycles. The van der Waals surface area contributed by atoms with Crippen molar-refractivity contribution in [2.24, 2.45) is 0 Å². The van der Waals surface area contributed by atoms with Crippen molar-refractivity contribution in [1.82, 2.24) is 9.80 Å². The fourth-order valence-corrected chi connectivity index (χ4v) is 5.11. The second-order valence-corrected chi connectivity index (χ2v) is 10.4. The highest BCUT2D eigenvalue weighted by atomic mass is 16.5. The summed E-state index contributed by atoms with van der Waals surface area (Å²) < 4.78 is 17.7. The number of hydrogen-bond donors (Lipinski definition) is 1. The number of rotatable bonds is 12. The van der Waals surface area contributed by atoms with E-state index < -0.39 is 17.7 Å². The number of likely N-dealkylation sites (tertiary alicyclic amines) is 1. The second-order valence-electron chi connectivity index (χ2n) is 10.4. The molecule has 1 amide bonds. The Bertz CT molecular complexity index is 1240. The van der Waals surface area contributed by atoms with E-state index in [9.17, 15) is 14.7 Å². The Morgan fingerprint density at radius 3 is 2.59 bits per heavy atom. The van der Waals surface area contributed by atoms with Crippen molar-refractivity contribution in [1.29, 1.82) is 0 Å². The first-order valence-corrected chi connectivity index (χ1v) is 13.9. The number of unbranched alkanes of at least 4 members (excludes halogenated alkanes) is 2. The average Bonchev–Trinajstić information content (AvgIpc) is 3.40. The smallest absolute Gasteiger partial charge is 0.295 e. The summed E-state index contributed by atoms with van der Waals surface area (Å²) in [6, 6.07) is 10.1. The monoisotopic (exact) mass is 536 g/mol. The van der Waals surface area contributed by atoms with Gasteiger partial charge in [0.15, 0.2) is 11.5 Å². The molecule has 1 fully saturated rings. The number of amides is 1. The van der Waals surface area contributed by atoms with E-state index in [1.165, 1.54) is 0 Å². The Morgan fingerprint density at radius 2 is 1.87 bits per heavy atom. The third-order valence-corrected chi connectivity index (χ3v) is 7.09. The minimum atomic E-state index is -0.762. The second kappa shape index (κ2) is 12.6. The Morgan fingerprint density at radius 1 is 1.08 bits per heavy atom. The maximum absolute atomic E-state index is 13.4. The molecule has 0 aromatic heterocycles. The fraction of sp³-hybridized carbons (Fsp3) is 0.484. The van der Waals surface area contributed by atoms with Crippen LogP contribution in [0.4, 0.5) is 0 Å². The number of hydrogen-bond acceptors (Lipinski definition) is 7. The van der Waals surface area contributed by atoms with Gasteiger partial charge in [-0.05, 0) is 75.8 Å². The van der Waals surface area contributed by atoms with Gasteiger partial charge in [-0.25, -0.2) is 0 Å². The van der Waals surface area contributed by atoms with Gasteiger partial charge in [-0.1, -0.05) is 25.8 Å². The molecule has 2 aromatic carbocycles. The van der Waals surface area contributed by atoms with Crippen molar-refractivity contribution in [2.75, 3.05) is 40.4 Å². The van der Waals surface area contributed by atoms with E-state index in [0.717, 1.165) is 30.6 Å². The SMILES string of the molecule is CCCCCOc1ccc([C@H]2C(=C(O)c3ccc4c(c3)C[C@H](C)O4)C(=O)C(=O)N2CCN(C)C)cc1OCC. The normalized spacial score (nSPS) is 19.9. The summed E-state index contributed by atoms with van der Waals surface area (Å²) in [6.07, 6.45) is 3.89. The van der Waals surface area contributed by atoms with Crippen molar-refractivity contribution < 1.29 is 28.9 Å². The lowest BCUT2D eigenvalue weighted by atomic mass is 9.94. The summed E-state index contributed by atoms with van der Waals surface area (Å²) >= 11 is 0. The zero-order chi connectivity index (χ0) is 28.1. The average molecular weight is 537 g/mol. The highest BCUT2D eigenvalue weighted by Gasteiger charge is 2.46. The highest BCUT2D eigenvalue weighted by Crippen LogP contribution is 2.42. The van der Waals surface area contributed by atoms with Crippen LogP contribution >= 0.6 is 0 Å². The van der Waals surface area contributed by atoms with E-state index in [1.807, 2.05) is 63.2 Å². The van der Waals surface area contributed by atoms with Crippen LogP contribution in [0.15, 0.2) is 42.0 Å². The third kappa shape index (κ3) is 6.22. The number of fused-ring (bicyclic) bond motifs is 1. The lowest BCUT2D eigenvalue weighted by molar-refractivity contribution is -0.140. The Hall–Kier alpha value is -3.52. The number of likely N-dealkylation sites (N-methyl/N-ethyl adjacent to an activating group) is 1. The number of aliphatic hydroxyl groups excluding tert-OH is 1. The van der Waals surface area contributed by atoms with E-state index in [2.05, 4.69) is 6.92 Å². The Balaban J connectivity index is 1.77. The Labute approximate surface area is 231 Å². The number of benzene rings is 2. The van der Waals surface area contributed by atoms with E-state index in [1.54, 1.807) is 11.0 Å². The summed E-state index contributed by atoms with van der Waals surface area (Å²) in [5.74, 6) is 0.436. The van der Waals surface area contributed by atoms with Crippen LogP contribution in [-0.2, 0) is 16.0 Å². The molecule has 0 bridgehead atoms. The van der Waals surface area contributed by atoms with Gasteiger partial charge in [0, 0.05) is 25.1 Å². The van der Waals surface area contributed by atoms with Crippen LogP contribution in [0.1, 0.15) is 62.8 Å². The van der Waals surface area contributed by atoms with Gasteiger partial charge in [0.1, 0.15) is 17.6 Å². The van der Waals surface area contributed by atoms with Crippen molar-refractivity contribution >= 4 is 17.4 Å². The molecule has 0 spiro atoms. The quantitative estimate of drug-likeness (QED) is 0.178. The topological polar surface area (TPSA) is 88.5 Å². The van der Waals surface area contributed by atoms with Crippen molar-refractivity contribution in [3.63, 3.8) is 0 Å². The van der Waals surface area contributed by atoms with Gasteiger partial charge in [0.25, 0.3) is 11.7 Å². The lowest BCUT2D eigenvalue weighted by Crippen LogP contribution is -2.35. The number of carbonyl (C=O) groups excluding carboxylic acids is 2. The number of carbonyl (C=O) groups is 2. The first-order valence-electron chi connectivity index (χ1n) is 13.9. The van der Waals surface area contributed by atoms with Crippen LogP contribution in [0.3, 0.4) is 0 Å². The molecular formula is C31H40N2O6. The van der Waals surface area contributed by atoms with Crippen LogP contribution in [-0.4, -0.2) is 73.1 Å². The molecule has 2 aliphatic rings. The zero-order valence-electron chi connectivity index (χ0n) is 23.7. The van der Waals surface area contributed by atoms with Crippen molar-refractivity contribution in [2.45, 2.75) is 58.6 Å². The molecular weight excluding hydrogens is 496 g/mol. The van der Waals surface area contributed by atoms with Gasteiger partial charge < -0.3 is 29.1 Å². The van der Waals surface area contributed by atoms with Gasteiger partial charge in [-0.3, -0.25) is 9.59 Å². The molecule has 39 heavy (non-hydrogen) atoms. The molecule has 2 aromatic rings. The molecule has 0 radical (unpaired) electrons. The predicted octanol–water partition coefficient (Wildman–Crippen LogP) is 4.96. The summed E-state index contributed by atoms with van der Waals surface area (Å²) in [6.45, 7) is 7.94. The molecule has 8 heteroatoms. The minimum Gasteiger partial charge on any atom is -0.507 e. The van der Waals surface area contributed by atoms with Gasteiger partial charge in [0.05, 0.1) is 24.8 Å². The van der Waals surface area contributed by atoms with Crippen molar-refractivity contribution in [3.8, 4) is 17.2 Å². The van der Waals surface area contributed by atoms with Crippen molar-refractivity contribution in [3.05, 3.63) is 58.7 Å². The maximum Gasteiger partial charge on any atom is 0.295 e. The van der Waals surface area contributed by atoms with Gasteiger partial charge >= 0.3 is 0 Å². The molecule has 2 atom stereocenters.